The number of furan rings is 1. The van der Waals surface area contributed by atoms with Crippen LogP contribution in [0, 0.1) is 6.92 Å². The average Bonchev–Trinajstić information content (AvgIpc) is 3.43. The van der Waals surface area contributed by atoms with E-state index in [0.717, 1.165) is 24.6 Å². The molecule has 7 nitrogen and oxygen atoms in total. The molecule has 1 fully saturated rings. The minimum absolute atomic E-state index is 0.252. The highest BCUT2D eigenvalue weighted by Gasteiger charge is 2.31. The molecule has 0 unspecified atom stereocenters. The fourth-order valence-electron chi connectivity index (χ4n) is 3.37. The van der Waals surface area contributed by atoms with Gasteiger partial charge in [0.05, 0.1) is 12.1 Å². The molecule has 0 bridgehead atoms. The van der Waals surface area contributed by atoms with E-state index in [-0.39, 0.29) is 17.1 Å². The summed E-state index contributed by atoms with van der Waals surface area (Å²) in [6.07, 6.45) is -2.46. The maximum Gasteiger partial charge on any atom is 0.573 e. The van der Waals surface area contributed by atoms with Crippen molar-refractivity contribution in [2.24, 2.45) is 0 Å². The molecule has 1 N–H and O–H groups in total. The first-order valence-electron chi connectivity index (χ1n) is 9.60. The van der Waals surface area contributed by atoms with Gasteiger partial charge < -0.3 is 9.15 Å². The number of halogens is 3. The first kappa shape index (κ1) is 21.3. The van der Waals surface area contributed by atoms with E-state index in [2.05, 4.69) is 24.3 Å². The zero-order valence-electron chi connectivity index (χ0n) is 16.5. The first-order valence-corrected chi connectivity index (χ1v) is 10.4. The van der Waals surface area contributed by atoms with Gasteiger partial charge in [0.1, 0.15) is 17.3 Å². The molecule has 3 heterocycles. The van der Waals surface area contributed by atoms with Crippen LogP contribution in [-0.4, -0.2) is 39.6 Å². The SMILES string of the molecule is Cc1oc(-c2cccc(OC(F)(F)F)c2)cc1C(=O)Nc1nc(CN2CCCC2)ns1. The molecule has 0 atom stereocenters. The largest absolute Gasteiger partial charge is 0.573 e. The molecule has 0 radical (unpaired) electrons. The van der Waals surface area contributed by atoms with Crippen molar-refractivity contribution in [1.29, 1.82) is 0 Å². The van der Waals surface area contributed by atoms with Crippen LogP contribution in [0.15, 0.2) is 34.7 Å². The van der Waals surface area contributed by atoms with Crippen molar-refractivity contribution in [3.8, 4) is 17.1 Å². The van der Waals surface area contributed by atoms with Crippen molar-refractivity contribution in [2.45, 2.75) is 32.7 Å². The number of ether oxygens (including phenoxy) is 1. The third-order valence-electron chi connectivity index (χ3n) is 4.77. The molecule has 3 aromatic rings. The van der Waals surface area contributed by atoms with E-state index in [0.29, 0.717) is 28.8 Å². The zero-order valence-corrected chi connectivity index (χ0v) is 17.3. The van der Waals surface area contributed by atoms with Crippen molar-refractivity contribution in [1.82, 2.24) is 14.3 Å². The highest BCUT2D eigenvalue weighted by Crippen LogP contribution is 2.31. The zero-order chi connectivity index (χ0) is 22.0. The monoisotopic (exact) mass is 452 g/mol. The number of aromatic nitrogens is 2. The quantitative estimate of drug-likeness (QED) is 0.576. The maximum absolute atomic E-state index is 12.7. The number of alkyl halides is 3. The number of nitrogens with one attached hydrogen (secondary N) is 1. The maximum atomic E-state index is 12.7. The lowest BCUT2D eigenvalue weighted by molar-refractivity contribution is -0.274. The van der Waals surface area contributed by atoms with Crippen LogP contribution < -0.4 is 10.1 Å². The molecule has 4 rings (SSSR count). The van der Waals surface area contributed by atoms with Crippen LogP contribution in [0.4, 0.5) is 18.3 Å². The van der Waals surface area contributed by atoms with Gasteiger partial charge in [-0.3, -0.25) is 15.0 Å². The highest BCUT2D eigenvalue weighted by molar-refractivity contribution is 7.09. The molecule has 0 saturated carbocycles. The molecule has 1 aliphatic heterocycles. The second-order valence-corrected chi connectivity index (χ2v) is 7.86. The Balaban J connectivity index is 1.46. The standard InChI is InChI=1S/C20H19F3N4O3S/c1-12-15(10-16(29-12)13-5-4-6-14(9-13)30-20(21,22)23)18(28)25-19-24-17(26-31-19)11-27-7-2-3-8-27/h4-6,9-10H,2-3,7-8,11H2,1H3,(H,24,25,26,28). The Morgan fingerprint density at radius 3 is 2.81 bits per heavy atom. The van der Waals surface area contributed by atoms with Gasteiger partial charge in [0, 0.05) is 17.1 Å². The Morgan fingerprint density at radius 1 is 1.29 bits per heavy atom. The number of rotatable bonds is 6. The number of carbonyl (C=O) groups excluding carboxylic acids is 1. The van der Waals surface area contributed by atoms with Crippen molar-refractivity contribution < 1.29 is 27.1 Å². The first-order chi connectivity index (χ1) is 14.8. The highest BCUT2D eigenvalue weighted by atomic mass is 32.1. The summed E-state index contributed by atoms with van der Waals surface area (Å²) in [5.41, 5.74) is 0.612. The summed E-state index contributed by atoms with van der Waals surface area (Å²) in [5.74, 6) is 0.440. The Bertz CT molecular complexity index is 1070. The third kappa shape index (κ3) is 5.42. The number of hydrogen-bond acceptors (Lipinski definition) is 7. The molecular weight excluding hydrogens is 433 g/mol. The smallest absolute Gasteiger partial charge is 0.461 e. The molecule has 11 heteroatoms. The fraction of sp³-hybridized carbons (Fsp3) is 0.350. The van der Waals surface area contributed by atoms with Gasteiger partial charge in [0.25, 0.3) is 5.91 Å². The molecule has 1 amide bonds. The molecule has 164 valence electrons. The third-order valence-corrected chi connectivity index (χ3v) is 5.44. The van der Waals surface area contributed by atoms with Crippen LogP contribution >= 0.6 is 11.5 Å². The Labute approximate surface area is 180 Å². The average molecular weight is 452 g/mol. The second kappa shape index (κ2) is 8.67. The van der Waals surface area contributed by atoms with E-state index in [1.54, 1.807) is 13.0 Å². The number of hydrogen-bond donors (Lipinski definition) is 1. The van der Waals surface area contributed by atoms with E-state index in [9.17, 15) is 18.0 Å². The van der Waals surface area contributed by atoms with Crippen molar-refractivity contribution >= 4 is 22.6 Å². The van der Waals surface area contributed by atoms with Gasteiger partial charge in [-0.05, 0) is 51.1 Å². The predicted molar refractivity (Wildman–Crippen MR) is 108 cm³/mol. The summed E-state index contributed by atoms with van der Waals surface area (Å²) in [5, 5.41) is 3.08. The van der Waals surface area contributed by atoms with E-state index >= 15 is 0 Å². The predicted octanol–water partition coefficient (Wildman–Crippen LogP) is 4.85. The molecule has 1 aromatic carbocycles. The van der Waals surface area contributed by atoms with Crippen LogP contribution in [0.25, 0.3) is 11.3 Å². The van der Waals surface area contributed by atoms with Crippen molar-refractivity contribution in [3.05, 3.63) is 47.5 Å². The summed E-state index contributed by atoms with van der Waals surface area (Å²) in [4.78, 5) is 19.3. The number of likely N-dealkylation sites (tertiary alicyclic amines) is 1. The summed E-state index contributed by atoms with van der Waals surface area (Å²) < 4.78 is 51.2. The normalized spacial score (nSPS) is 14.7. The summed E-state index contributed by atoms with van der Waals surface area (Å²) in [6, 6.07) is 6.84. The minimum Gasteiger partial charge on any atom is -0.461 e. The lowest BCUT2D eigenvalue weighted by Gasteiger charge is -2.10. The van der Waals surface area contributed by atoms with Crippen LogP contribution in [-0.2, 0) is 6.54 Å². The summed E-state index contributed by atoms with van der Waals surface area (Å²) in [6.45, 7) is 4.30. The molecule has 0 aliphatic carbocycles. The van der Waals surface area contributed by atoms with Gasteiger partial charge in [-0.15, -0.1) is 13.2 Å². The fourth-order valence-corrected chi connectivity index (χ4v) is 3.95. The van der Waals surface area contributed by atoms with E-state index in [4.69, 9.17) is 4.42 Å². The number of amides is 1. The lowest BCUT2D eigenvalue weighted by Crippen LogP contribution is -2.19. The molecule has 1 saturated heterocycles. The Kier molecular flexibility index (Phi) is 5.96. The van der Waals surface area contributed by atoms with Crippen molar-refractivity contribution in [2.75, 3.05) is 18.4 Å². The number of benzene rings is 1. The van der Waals surface area contributed by atoms with Gasteiger partial charge in [0.2, 0.25) is 5.13 Å². The van der Waals surface area contributed by atoms with Gasteiger partial charge in [-0.25, -0.2) is 4.98 Å². The number of aryl methyl sites for hydroxylation is 1. The summed E-state index contributed by atoms with van der Waals surface area (Å²) in [7, 11) is 0. The van der Waals surface area contributed by atoms with Gasteiger partial charge in [-0.1, -0.05) is 12.1 Å². The van der Waals surface area contributed by atoms with Crippen LogP contribution in [0.3, 0.4) is 0 Å². The second-order valence-electron chi connectivity index (χ2n) is 7.11. The molecule has 1 aliphatic rings. The van der Waals surface area contributed by atoms with Crippen LogP contribution in [0.2, 0.25) is 0 Å². The van der Waals surface area contributed by atoms with Crippen molar-refractivity contribution in [3.63, 3.8) is 0 Å². The lowest BCUT2D eigenvalue weighted by atomic mass is 10.1. The van der Waals surface area contributed by atoms with Crippen LogP contribution in [0.5, 0.6) is 5.75 Å². The minimum atomic E-state index is -4.79. The van der Waals surface area contributed by atoms with E-state index in [1.807, 2.05) is 0 Å². The topological polar surface area (TPSA) is 80.5 Å². The van der Waals surface area contributed by atoms with Gasteiger partial charge >= 0.3 is 6.36 Å². The number of anilines is 1. The molecule has 31 heavy (non-hydrogen) atoms. The molecule has 0 spiro atoms. The number of carbonyl (C=O) groups is 1. The Hall–Kier alpha value is -2.92. The van der Waals surface area contributed by atoms with E-state index < -0.39 is 12.3 Å². The summed E-state index contributed by atoms with van der Waals surface area (Å²) >= 11 is 1.10. The van der Waals surface area contributed by atoms with Gasteiger partial charge in [0.15, 0.2) is 5.82 Å². The van der Waals surface area contributed by atoms with Gasteiger partial charge in [-0.2, -0.15) is 4.37 Å². The molecular formula is C20H19F3N4O3S. The van der Waals surface area contributed by atoms with Crippen LogP contribution in [0.1, 0.15) is 34.8 Å². The van der Waals surface area contributed by atoms with E-state index in [1.165, 1.54) is 37.1 Å². The molecule has 2 aromatic heterocycles. The Morgan fingerprint density at radius 2 is 2.06 bits per heavy atom. The number of nitrogens with zero attached hydrogens (tertiary/aromatic N) is 3.